The van der Waals surface area contributed by atoms with Gasteiger partial charge in [0, 0.05) is 18.7 Å². The highest BCUT2D eigenvalue weighted by atomic mass is 35.5. The molecule has 5 aliphatic rings. The zero-order chi connectivity index (χ0) is 60.8. The maximum atomic E-state index is 15.4. The molecule has 0 radical (unpaired) electrons. The summed E-state index contributed by atoms with van der Waals surface area (Å²) in [5.74, 6) is -5.74. The van der Waals surface area contributed by atoms with E-state index in [1.165, 1.54) is 77.0 Å². The number of carbonyl (C=O) groups excluding carboxylic acids is 6. The number of halogens is 2. The van der Waals surface area contributed by atoms with Crippen molar-refractivity contribution < 1.29 is 72.5 Å². The van der Waals surface area contributed by atoms with Crippen LogP contribution >= 0.6 is 35.4 Å². The summed E-state index contributed by atoms with van der Waals surface area (Å²) in [5.41, 5.74) is 7.65. The van der Waals surface area contributed by atoms with Crippen LogP contribution in [-0.4, -0.2) is 122 Å². The molecule has 0 aliphatic carbocycles. The minimum Gasteiger partial charge on any atom is -0.497 e. The molecule has 23 nitrogen and oxygen atoms in total. The largest absolute Gasteiger partial charge is 0.497 e. The van der Waals surface area contributed by atoms with Gasteiger partial charge in [-0.1, -0.05) is 73.5 Å². The Kier molecular flexibility index (Phi) is 19.9. The molecular formula is C58H64Cl2N8O15S. The molecule has 5 aliphatic heterocycles. The Morgan fingerprint density at radius 2 is 1.33 bits per heavy atom. The summed E-state index contributed by atoms with van der Waals surface area (Å²) in [5, 5.41) is 54.6. The molecule has 0 saturated carbocycles. The summed E-state index contributed by atoms with van der Waals surface area (Å²) >= 11 is 20.2. The van der Waals surface area contributed by atoms with Gasteiger partial charge in [0.2, 0.25) is 41.2 Å². The third-order valence-electron chi connectivity index (χ3n) is 14.4. The number of fused-ring (bicyclic) bond motifs is 15. The zero-order valence-electron chi connectivity index (χ0n) is 46.6. The number of thiocarbonyl (C=S) groups is 1. The van der Waals surface area contributed by atoms with Gasteiger partial charge in [-0.2, -0.15) is 0 Å². The lowest BCUT2D eigenvalue weighted by Crippen LogP contribution is -2.59. The van der Waals surface area contributed by atoms with Crippen LogP contribution in [0.3, 0.4) is 0 Å². The number of primary amides is 1. The van der Waals surface area contributed by atoms with Gasteiger partial charge < -0.3 is 86.7 Å². The number of likely N-dealkylation sites (N-methyl/N-ethyl adjacent to an activating group) is 1. The van der Waals surface area contributed by atoms with E-state index >= 15 is 9.59 Å². The number of aliphatic hydroxyl groups excluding tert-OH is 3. The Bertz CT molecular complexity index is 3390. The van der Waals surface area contributed by atoms with Gasteiger partial charge in [0.25, 0.3) is 0 Å². The summed E-state index contributed by atoms with van der Waals surface area (Å²) in [4.78, 5) is 86.5. The zero-order valence-corrected chi connectivity index (χ0v) is 48.9. The maximum Gasteiger partial charge on any atom is 0.247 e. The fourth-order valence-corrected chi connectivity index (χ4v) is 10.9. The van der Waals surface area contributed by atoms with Crippen molar-refractivity contribution >= 4 is 75.9 Å². The molecule has 12 N–H and O–H groups in total. The van der Waals surface area contributed by atoms with E-state index in [4.69, 9.17) is 69.6 Å². The Balaban J connectivity index is 1.39. The van der Waals surface area contributed by atoms with E-state index in [-0.39, 0.29) is 90.1 Å². The molecule has 0 aromatic heterocycles. The summed E-state index contributed by atoms with van der Waals surface area (Å²) in [7, 11) is 7.19. The van der Waals surface area contributed by atoms with Crippen molar-refractivity contribution in [1.82, 2.24) is 37.2 Å². The molecule has 5 aromatic rings. The van der Waals surface area contributed by atoms with Crippen molar-refractivity contribution in [3.8, 4) is 51.4 Å². The van der Waals surface area contributed by atoms with E-state index in [9.17, 15) is 34.5 Å². The van der Waals surface area contributed by atoms with Gasteiger partial charge in [0.15, 0.2) is 11.5 Å². The van der Waals surface area contributed by atoms with Gasteiger partial charge in [-0.05, 0) is 107 Å². The van der Waals surface area contributed by atoms with Crippen LogP contribution in [0.5, 0.6) is 40.2 Å². The molecule has 5 aromatic carbocycles. The number of hydrogen-bond donors (Lipinski definition) is 11. The number of methoxy groups -OCH3 is 4. The maximum absolute atomic E-state index is 15.4. The van der Waals surface area contributed by atoms with Crippen LogP contribution in [-0.2, 0) is 40.1 Å². The monoisotopic (exact) mass is 1210 g/mol. The third kappa shape index (κ3) is 13.4. The number of rotatable bonds is 13. The van der Waals surface area contributed by atoms with Gasteiger partial charge in [-0.25, -0.2) is 0 Å². The highest BCUT2D eigenvalue weighted by Gasteiger charge is 2.40. The summed E-state index contributed by atoms with van der Waals surface area (Å²) in [6.07, 6.45) is -4.21. The third-order valence-corrected chi connectivity index (χ3v) is 15.3. The van der Waals surface area contributed by atoms with Gasteiger partial charge in [-0.15, -0.1) is 0 Å². The number of carbonyl (C=O) groups is 6. The Hall–Kier alpha value is -7.81. The predicted molar refractivity (Wildman–Crippen MR) is 311 cm³/mol. The smallest absolute Gasteiger partial charge is 0.247 e. The van der Waals surface area contributed by atoms with Crippen molar-refractivity contribution in [2.75, 3.05) is 42.1 Å². The normalized spacial score (nSPS) is 21.9. The lowest BCUT2D eigenvalue weighted by atomic mass is 9.87. The number of benzene rings is 5. The second kappa shape index (κ2) is 26.8. The first-order valence-corrected chi connectivity index (χ1v) is 27.6. The molecule has 9 atom stereocenters. The number of nitrogens with two attached hydrogens (primary N) is 1. The molecule has 84 heavy (non-hydrogen) atoms. The number of aliphatic hydroxyl groups is 3. The van der Waals surface area contributed by atoms with Crippen molar-refractivity contribution in [3.63, 3.8) is 0 Å². The Morgan fingerprint density at radius 3 is 1.89 bits per heavy atom. The molecule has 0 spiro atoms. The van der Waals surface area contributed by atoms with Crippen molar-refractivity contribution in [2.45, 2.75) is 87.8 Å². The molecule has 446 valence electrons. The van der Waals surface area contributed by atoms with E-state index in [0.29, 0.717) is 28.7 Å². The quantitative estimate of drug-likeness (QED) is 0.0725. The van der Waals surface area contributed by atoms with Crippen molar-refractivity contribution in [2.24, 2.45) is 11.7 Å². The Morgan fingerprint density at radius 1 is 0.702 bits per heavy atom. The van der Waals surface area contributed by atoms with Crippen LogP contribution in [0, 0.1) is 5.92 Å². The van der Waals surface area contributed by atoms with Gasteiger partial charge in [0.05, 0.1) is 63.1 Å². The number of nitrogens with one attached hydrogen (secondary N) is 7. The van der Waals surface area contributed by atoms with Gasteiger partial charge >= 0.3 is 0 Å². The minimum absolute atomic E-state index is 0.0120. The van der Waals surface area contributed by atoms with Gasteiger partial charge in [-0.3, -0.25) is 28.8 Å². The van der Waals surface area contributed by atoms with E-state index < -0.39 is 103 Å². The lowest BCUT2D eigenvalue weighted by molar-refractivity contribution is -0.136. The van der Waals surface area contributed by atoms with Crippen LogP contribution < -0.4 is 66.6 Å². The Labute approximate surface area is 498 Å². The standard InChI is InChI=1S/C58H64Cl2N8O15S/c1-25(2)14-36(62-3)53(73)66-48-50(71)27-10-12-39(34(59)16-27)82-42-18-30-19-43(52(42)81-7)83-40-13-11-28(17-35(40)60)51(72)49-57(77)64-38(23-69)33-20-31(79-5)21-41(80-6)45(33)32-15-26(8-9-29(32)24-78-4)46(55(75)67-49)68-58(84)47(30)65-54(74)37(22-44(61)70)63-56(48)76/h8-13,15-21,25,36-38,46-51,62,69,71-72H,14,22-24H2,1-7H3,(H2,61,70)(H,63,76)(H,64,77)(H,65,74)(H,66,73)(H,67,75)(H,68,84)/t36-,37?,38-,46-,47-,48-,49+,50-,51-/m1/s1. The number of ether oxygens (including phenoxy) is 6. The van der Waals surface area contributed by atoms with Crippen molar-refractivity contribution in [3.05, 3.63) is 122 Å². The SMILES string of the molecule is CN[C@H](CC(C)C)C(=O)N[C@H]1C(=O)NC(CC(N)=O)C(=O)N[C@H]2C(=S)N[C@H]3C(=O)N[C@H](C(=O)N[C@H](CO)c4cc(OC)cc(OC)c4-c4cc3ccc4COC)[C@H](O)c3ccc(c(Cl)c3)Oc3cc2cc(c3OC)Oc2ccc(cc2Cl)[C@H]1O. The van der Waals surface area contributed by atoms with Gasteiger partial charge in [0.1, 0.15) is 70.4 Å². The second-order valence-corrected chi connectivity index (χ2v) is 21.7. The van der Waals surface area contributed by atoms with E-state index in [2.05, 4.69) is 37.2 Å². The highest BCUT2D eigenvalue weighted by molar-refractivity contribution is 7.80. The lowest BCUT2D eigenvalue weighted by Gasteiger charge is -2.33. The topological polar surface area (TPSA) is 329 Å². The van der Waals surface area contributed by atoms with Crippen LogP contribution in [0.25, 0.3) is 11.1 Å². The molecule has 0 saturated heterocycles. The average Bonchev–Trinajstić information content (AvgIpc) is 2.14. The molecule has 11 bridgehead atoms. The molecule has 1 unspecified atom stereocenters. The first-order valence-electron chi connectivity index (χ1n) is 26.4. The fraction of sp³-hybridized carbons (Fsp3) is 0.362. The average molecular weight is 1220 g/mol. The first kappa shape index (κ1) is 62.2. The van der Waals surface area contributed by atoms with E-state index in [0.717, 1.165) is 0 Å². The predicted octanol–water partition coefficient (Wildman–Crippen LogP) is 4.45. The van der Waals surface area contributed by atoms with Crippen molar-refractivity contribution in [1.29, 1.82) is 0 Å². The molecule has 5 heterocycles. The highest BCUT2D eigenvalue weighted by Crippen LogP contribution is 2.48. The van der Waals surface area contributed by atoms with E-state index in [1.54, 1.807) is 37.4 Å². The molecule has 26 heteroatoms. The molecule has 6 amide bonds. The first-order chi connectivity index (χ1) is 40.1. The summed E-state index contributed by atoms with van der Waals surface area (Å²) in [6, 6.07) is 8.26. The van der Waals surface area contributed by atoms with Crippen LogP contribution in [0.15, 0.2) is 78.9 Å². The van der Waals surface area contributed by atoms with Crippen LogP contribution in [0.4, 0.5) is 0 Å². The molecule has 10 rings (SSSR count). The second-order valence-electron chi connectivity index (χ2n) is 20.5. The number of hydrogen-bond acceptors (Lipinski definition) is 17. The molecular weight excluding hydrogens is 1150 g/mol. The van der Waals surface area contributed by atoms with Crippen LogP contribution in [0.2, 0.25) is 10.0 Å². The minimum atomic E-state index is -1.86. The number of amides is 6. The van der Waals surface area contributed by atoms with Crippen LogP contribution in [0.1, 0.15) is 90.4 Å². The molecule has 0 fully saturated rings. The fourth-order valence-electron chi connectivity index (χ4n) is 10.2. The summed E-state index contributed by atoms with van der Waals surface area (Å²) in [6.45, 7) is 3.10. The van der Waals surface area contributed by atoms with E-state index in [1.807, 2.05) is 13.8 Å². The summed E-state index contributed by atoms with van der Waals surface area (Å²) < 4.78 is 36.2.